The molecule has 1 aromatic heterocycles. The van der Waals surface area contributed by atoms with E-state index in [1.165, 1.54) is 4.90 Å². The molecule has 0 unspecified atom stereocenters. The second kappa shape index (κ2) is 10.7. The number of carbonyl (C=O) groups is 2. The highest BCUT2D eigenvalue weighted by atomic mass is 32.2. The number of rotatable bonds is 6. The smallest absolute Gasteiger partial charge is 0.339 e. The van der Waals surface area contributed by atoms with E-state index in [2.05, 4.69) is 13.0 Å². The van der Waals surface area contributed by atoms with Gasteiger partial charge in [-0.2, -0.15) is 0 Å². The third-order valence-electron chi connectivity index (χ3n) is 7.40. The summed E-state index contributed by atoms with van der Waals surface area (Å²) in [6, 6.07) is 17.2. The summed E-state index contributed by atoms with van der Waals surface area (Å²) in [5.74, 6) is -0.608. The fraction of sp³-hybridized carbons (Fsp3) is 0.367. The zero-order valence-corrected chi connectivity index (χ0v) is 22.5. The number of pyridine rings is 1. The van der Waals surface area contributed by atoms with Gasteiger partial charge in [0.05, 0.1) is 28.3 Å². The Bertz CT molecular complexity index is 1510. The molecule has 1 fully saturated rings. The topological polar surface area (TPSA) is 93.6 Å². The molecule has 2 aliphatic rings. The van der Waals surface area contributed by atoms with Gasteiger partial charge in [-0.15, -0.1) is 0 Å². The Hall–Kier alpha value is -3.52. The van der Waals surface area contributed by atoms with Crippen LogP contribution in [0.4, 0.5) is 0 Å². The van der Waals surface area contributed by atoms with E-state index >= 15 is 0 Å². The second-order valence-electron chi connectivity index (χ2n) is 10.2. The molecule has 1 saturated heterocycles. The van der Waals surface area contributed by atoms with Gasteiger partial charge >= 0.3 is 5.97 Å². The number of fused-ring (bicyclic) bond motifs is 2. The molecule has 0 bridgehead atoms. The monoisotopic (exact) mass is 532 g/mol. The van der Waals surface area contributed by atoms with Crippen molar-refractivity contribution in [2.24, 2.45) is 5.92 Å². The summed E-state index contributed by atoms with van der Waals surface area (Å²) in [6.45, 7) is 3.88. The van der Waals surface area contributed by atoms with Crippen molar-refractivity contribution >= 4 is 44.3 Å². The van der Waals surface area contributed by atoms with Crippen LogP contribution >= 0.6 is 0 Å². The van der Waals surface area contributed by atoms with E-state index in [9.17, 15) is 18.0 Å². The van der Waals surface area contributed by atoms with Crippen LogP contribution in [0.3, 0.4) is 0 Å². The summed E-state index contributed by atoms with van der Waals surface area (Å²) in [6.07, 6.45) is 4.06. The van der Waals surface area contributed by atoms with E-state index in [0.29, 0.717) is 41.8 Å². The first kappa shape index (κ1) is 26.1. The van der Waals surface area contributed by atoms with Crippen molar-refractivity contribution in [1.82, 2.24) is 9.88 Å². The SMILES string of the molecule is CCN(C(=O)COC(=O)c1c2c(nc3ccccc13)/C(=C/c1ccccc1)C[C@H](C)C2)[C@@H]1CCS(=O)(=O)C1. The Balaban J connectivity index is 1.47. The molecule has 3 aromatic rings. The molecule has 2 atom stereocenters. The lowest BCUT2D eigenvalue weighted by Gasteiger charge is -2.28. The molecule has 0 spiro atoms. The number of esters is 1. The van der Waals surface area contributed by atoms with Crippen molar-refractivity contribution < 1.29 is 22.7 Å². The van der Waals surface area contributed by atoms with Gasteiger partial charge in [0.2, 0.25) is 0 Å². The Morgan fingerprint density at radius 3 is 2.53 bits per heavy atom. The first-order valence-electron chi connectivity index (χ1n) is 13.1. The van der Waals surface area contributed by atoms with Crippen LogP contribution < -0.4 is 0 Å². The van der Waals surface area contributed by atoms with Crippen LogP contribution in [0.25, 0.3) is 22.6 Å². The maximum Gasteiger partial charge on any atom is 0.339 e. The average Bonchev–Trinajstić information content (AvgIpc) is 3.26. The van der Waals surface area contributed by atoms with Crippen molar-refractivity contribution in [3.05, 3.63) is 77.0 Å². The number of allylic oxidation sites excluding steroid dienone is 1. The number of para-hydroxylation sites is 1. The molecule has 1 amide bonds. The Labute approximate surface area is 223 Å². The van der Waals surface area contributed by atoms with Gasteiger partial charge in [-0.3, -0.25) is 4.79 Å². The predicted molar refractivity (Wildman–Crippen MR) is 148 cm³/mol. The fourth-order valence-electron chi connectivity index (χ4n) is 5.66. The number of likely N-dealkylation sites (N-methyl/N-ethyl adjacent to an activating group) is 1. The summed E-state index contributed by atoms with van der Waals surface area (Å²) in [4.78, 5) is 33.1. The number of ether oxygens (including phenoxy) is 1. The minimum atomic E-state index is -3.14. The first-order valence-corrected chi connectivity index (χ1v) is 14.9. The summed E-state index contributed by atoms with van der Waals surface area (Å²) in [5.41, 5.74) is 4.94. The number of aromatic nitrogens is 1. The van der Waals surface area contributed by atoms with Crippen LogP contribution in [0, 0.1) is 5.92 Å². The van der Waals surface area contributed by atoms with Crippen LogP contribution in [-0.4, -0.2) is 60.9 Å². The minimum Gasteiger partial charge on any atom is -0.452 e. The number of hydrogen-bond donors (Lipinski definition) is 0. The summed E-state index contributed by atoms with van der Waals surface area (Å²) in [5, 5.41) is 0.700. The van der Waals surface area contributed by atoms with Crippen molar-refractivity contribution in [2.75, 3.05) is 24.7 Å². The summed E-state index contributed by atoms with van der Waals surface area (Å²) < 4.78 is 29.5. The van der Waals surface area contributed by atoms with E-state index < -0.39 is 22.4 Å². The maximum atomic E-state index is 13.6. The maximum absolute atomic E-state index is 13.6. The van der Waals surface area contributed by atoms with Gasteiger partial charge in [-0.1, -0.05) is 55.5 Å². The van der Waals surface area contributed by atoms with Crippen LogP contribution in [0.5, 0.6) is 0 Å². The van der Waals surface area contributed by atoms with E-state index in [4.69, 9.17) is 9.72 Å². The number of nitrogens with zero attached hydrogens (tertiary/aromatic N) is 2. The quantitative estimate of drug-likeness (QED) is 0.433. The highest BCUT2D eigenvalue weighted by Gasteiger charge is 2.35. The van der Waals surface area contributed by atoms with Crippen LogP contribution in [-0.2, 0) is 25.8 Å². The van der Waals surface area contributed by atoms with Crippen LogP contribution in [0.1, 0.15) is 53.9 Å². The molecular formula is C30H32N2O5S. The average molecular weight is 533 g/mol. The highest BCUT2D eigenvalue weighted by molar-refractivity contribution is 7.91. The molecule has 7 nitrogen and oxygen atoms in total. The molecule has 0 N–H and O–H groups in total. The van der Waals surface area contributed by atoms with E-state index in [-0.39, 0.29) is 23.5 Å². The fourth-order valence-corrected chi connectivity index (χ4v) is 7.39. The Morgan fingerprint density at radius 2 is 1.82 bits per heavy atom. The van der Waals surface area contributed by atoms with Crippen molar-refractivity contribution in [2.45, 2.75) is 39.2 Å². The molecule has 0 radical (unpaired) electrons. The Kier molecular flexibility index (Phi) is 7.34. The van der Waals surface area contributed by atoms with Gasteiger partial charge < -0.3 is 9.64 Å². The molecular weight excluding hydrogens is 500 g/mol. The largest absolute Gasteiger partial charge is 0.452 e. The van der Waals surface area contributed by atoms with Crippen molar-refractivity contribution in [3.8, 4) is 0 Å². The lowest BCUT2D eigenvalue weighted by molar-refractivity contribution is -0.136. The van der Waals surface area contributed by atoms with Gasteiger partial charge in [0.25, 0.3) is 5.91 Å². The molecule has 1 aliphatic carbocycles. The van der Waals surface area contributed by atoms with E-state index in [1.807, 2.05) is 54.6 Å². The molecule has 38 heavy (non-hydrogen) atoms. The number of carbonyl (C=O) groups excluding carboxylic acids is 2. The van der Waals surface area contributed by atoms with Gasteiger partial charge in [-0.05, 0) is 60.9 Å². The third-order valence-corrected chi connectivity index (χ3v) is 9.15. The van der Waals surface area contributed by atoms with Crippen LogP contribution in [0.2, 0.25) is 0 Å². The molecule has 2 aromatic carbocycles. The summed E-state index contributed by atoms with van der Waals surface area (Å²) >= 11 is 0. The van der Waals surface area contributed by atoms with Gasteiger partial charge in [0, 0.05) is 18.0 Å². The molecule has 198 valence electrons. The zero-order valence-electron chi connectivity index (χ0n) is 21.7. The Morgan fingerprint density at radius 1 is 1.08 bits per heavy atom. The zero-order chi connectivity index (χ0) is 26.9. The second-order valence-corrected chi connectivity index (χ2v) is 12.5. The third kappa shape index (κ3) is 5.36. The van der Waals surface area contributed by atoms with Crippen LogP contribution in [0.15, 0.2) is 54.6 Å². The van der Waals surface area contributed by atoms with Gasteiger partial charge in [0.1, 0.15) is 0 Å². The number of sulfone groups is 1. The lowest BCUT2D eigenvalue weighted by Crippen LogP contribution is -2.43. The predicted octanol–water partition coefficient (Wildman–Crippen LogP) is 4.55. The van der Waals surface area contributed by atoms with Gasteiger partial charge in [0.15, 0.2) is 16.4 Å². The van der Waals surface area contributed by atoms with E-state index in [0.717, 1.165) is 28.8 Å². The standard InChI is InChI=1S/C30H32N2O5S/c1-3-32(23-13-14-38(35,36)19-23)27(33)18-37-30(34)28-24-11-7-8-12-26(24)31-29-22(15-20(2)16-25(28)29)17-21-9-5-4-6-10-21/h4-12,17,20,23H,3,13-16,18-19H2,1-2H3/b22-17+/t20-,23+/m0/s1. The number of benzene rings is 2. The molecule has 5 rings (SSSR count). The van der Waals surface area contributed by atoms with Gasteiger partial charge in [-0.25, -0.2) is 18.2 Å². The van der Waals surface area contributed by atoms with E-state index in [1.54, 1.807) is 6.92 Å². The molecule has 2 heterocycles. The van der Waals surface area contributed by atoms with Crippen molar-refractivity contribution in [3.63, 3.8) is 0 Å². The number of hydrogen-bond acceptors (Lipinski definition) is 6. The lowest BCUT2D eigenvalue weighted by atomic mass is 9.80. The molecule has 0 saturated carbocycles. The highest BCUT2D eigenvalue weighted by Crippen LogP contribution is 2.38. The first-order chi connectivity index (χ1) is 18.3. The normalized spacial score (nSPS) is 21.3. The summed E-state index contributed by atoms with van der Waals surface area (Å²) in [7, 11) is -3.14. The minimum absolute atomic E-state index is 0.0442. The van der Waals surface area contributed by atoms with Crippen molar-refractivity contribution in [1.29, 1.82) is 0 Å². The number of amides is 1. The molecule has 8 heteroatoms. The molecule has 1 aliphatic heterocycles.